The molecule has 3 aromatic rings. The van der Waals surface area contributed by atoms with Gasteiger partial charge in [0, 0.05) is 24.1 Å². The summed E-state index contributed by atoms with van der Waals surface area (Å²) in [7, 11) is 0. The lowest BCUT2D eigenvalue weighted by atomic mass is 9.69. The fourth-order valence-corrected chi connectivity index (χ4v) is 5.05. The van der Waals surface area contributed by atoms with Gasteiger partial charge in [0.2, 0.25) is 0 Å². The standard InChI is InChI=1S/C32H41NO/c1-9-32(10-2,26-14-12-25(23(4)19-26)13-18-30(34)31(6,7)8)27-15-16-28(24(5)20-27)29-17-11-22(3)21-33-29/h3,11-12,14-17,19-21,30,34H,9-10,13,18H2,1-2,4-8H3. The van der Waals surface area contributed by atoms with Crippen LogP contribution in [0.4, 0.5) is 0 Å². The molecular formula is C32H41NO. The van der Waals surface area contributed by atoms with Gasteiger partial charge in [-0.15, -0.1) is 0 Å². The molecule has 34 heavy (non-hydrogen) atoms. The van der Waals surface area contributed by atoms with E-state index >= 15 is 0 Å². The first-order valence-corrected chi connectivity index (χ1v) is 12.6. The van der Waals surface area contributed by atoms with E-state index in [1.54, 1.807) is 6.20 Å². The van der Waals surface area contributed by atoms with Gasteiger partial charge in [0.25, 0.3) is 0 Å². The zero-order valence-electron chi connectivity index (χ0n) is 22.1. The van der Waals surface area contributed by atoms with Crippen LogP contribution >= 0.6 is 0 Å². The molecule has 2 heteroatoms. The Morgan fingerprint density at radius 1 is 0.882 bits per heavy atom. The minimum absolute atomic E-state index is 0.0357. The Hall–Kier alpha value is -2.45. The van der Waals surface area contributed by atoms with Crippen molar-refractivity contribution in [1.82, 2.24) is 4.98 Å². The van der Waals surface area contributed by atoms with Gasteiger partial charge in [-0.3, -0.25) is 4.98 Å². The molecule has 0 aliphatic heterocycles. The molecular weight excluding hydrogens is 414 g/mol. The molecule has 180 valence electrons. The molecule has 0 fully saturated rings. The summed E-state index contributed by atoms with van der Waals surface area (Å²) in [6.07, 6.45) is 5.17. The number of aliphatic hydroxyl groups excluding tert-OH is 1. The van der Waals surface area contributed by atoms with Crippen LogP contribution in [0.3, 0.4) is 0 Å². The van der Waals surface area contributed by atoms with Crippen molar-refractivity contribution in [2.75, 3.05) is 0 Å². The van der Waals surface area contributed by atoms with Crippen molar-refractivity contribution in [1.29, 1.82) is 0 Å². The summed E-state index contributed by atoms with van der Waals surface area (Å²) in [5, 5.41) is 10.5. The summed E-state index contributed by atoms with van der Waals surface area (Å²) in [5.41, 5.74) is 9.25. The maximum Gasteiger partial charge on any atom is 0.0704 e. The molecule has 1 atom stereocenters. The third-order valence-corrected chi connectivity index (χ3v) is 7.63. The lowest BCUT2D eigenvalue weighted by Gasteiger charge is -2.34. The number of aliphatic hydroxyl groups is 1. The highest BCUT2D eigenvalue weighted by molar-refractivity contribution is 5.65. The molecule has 0 aliphatic carbocycles. The highest BCUT2D eigenvalue weighted by atomic mass is 16.3. The van der Waals surface area contributed by atoms with Gasteiger partial charge in [0.1, 0.15) is 0 Å². The van der Waals surface area contributed by atoms with Crippen LogP contribution in [0, 0.1) is 26.2 Å². The molecule has 0 aliphatic rings. The molecule has 1 unspecified atom stereocenters. The van der Waals surface area contributed by atoms with E-state index in [9.17, 15) is 5.11 Å². The molecule has 0 bridgehead atoms. The lowest BCUT2D eigenvalue weighted by Crippen LogP contribution is -2.27. The zero-order chi connectivity index (χ0) is 25.1. The molecule has 0 amide bonds. The van der Waals surface area contributed by atoms with Crippen LogP contribution in [0.25, 0.3) is 11.3 Å². The average Bonchev–Trinajstić information content (AvgIpc) is 2.80. The van der Waals surface area contributed by atoms with Gasteiger partial charge in [-0.05, 0) is 84.4 Å². The van der Waals surface area contributed by atoms with E-state index < -0.39 is 0 Å². The van der Waals surface area contributed by atoms with E-state index in [4.69, 9.17) is 6.92 Å². The van der Waals surface area contributed by atoms with Gasteiger partial charge >= 0.3 is 0 Å². The first kappa shape index (κ1) is 26.2. The molecule has 0 saturated carbocycles. The second kappa shape index (κ2) is 10.4. The van der Waals surface area contributed by atoms with Crippen molar-refractivity contribution in [2.45, 2.75) is 85.7 Å². The Labute approximate surface area is 207 Å². The second-order valence-electron chi connectivity index (χ2n) is 10.9. The fraction of sp³-hybridized carbons (Fsp3) is 0.438. The van der Waals surface area contributed by atoms with Gasteiger partial charge in [0.05, 0.1) is 11.8 Å². The summed E-state index contributed by atoms with van der Waals surface area (Å²) < 4.78 is 0. The quantitative estimate of drug-likeness (QED) is 0.375. The molecule has 3 rings (SSSR count). The third-order valence-electron chi connectivity index (χ3n) is 7.63. The monoisotopic (exact) mass is 455 g/mol. The van der Waals surface area contributed by atoms with Gasteiger partial charge in [-0.25, -0.2) is 0 Å². The molecule has 2 radical (unpaired) electrons. The summed E-state index contributed by atoms with van der Waals surface area (Å²) >= 11 is 0. The van der Waals surface area contributed by atoms with Crippen molar-refractivity contribution >= 4 is 0 Å². The van der Waals surface area contributed by atoms with E-state index in [1.165, 1.54) is 27.8 Å². The summed E-state index contributed by atoms with van der Waals surface area (Å²) in [4.78, 5) is 4.52. The number of benzene rings is 2. The molecule has 2 nitrogen and oxygen atoms in total. The van der Waals surface area contributed by atoms with Crippen molar-refractivity contribution in [3.63, 3.8) is 0 Å². The molecule has 1 N–H and O–H groups in total. The predicted octanol–water partition coefficient (Wildman–Crippen LogP) is 7.87. The van der Waals surface area contributed by atoms with Crippen molar-refractivity contribution in [3.8, 4) is 11.3 Å². The van der Waals surface area contributed by atoms with E-state index in [1.807, 2.05) is 12.1 Å². The Kier molecular flexibility index (Phi) is 8.03. The number of hydrogen-bond donors (Lipinski definition) is 1. The smallest absolute Gasteiger partial charge is 0.0704 e. The van der Waals surface area contributed by atoms with Gasteiger partial charge in [-0.1, -0.05) is 77.1 Å². The minimum Gasteiger partial charge on any atom is -0.393 e. The number of nitrogens with zero attached hydrogens (tertiary/aromatic N) is 1. The van der Waals surface area contributed by atoms with Crippen LogP contribution in [0.1, 0.15) is 87.3 Å². The summed E-state index contributed by atoms with van der Waals surface area (Å²) in [6, 6.07) is 17.7. The number of aryl methyl sites for hydroxylation is 3. The number of aromatic nitrogens is 1. The first-order valence-electron chi connectivity index (χ1n) is 12.6. The first-order chi connectivity index (χ1) is 16.0. The van der Waals surface area contributed by atoms with Crippen LogP contribution in [-0.4, -0.2) is 16.2 Å². The van der Waals surface area contributed by atoms with Crippen LogP contribution < -0.4 is 0 Å². The Balaban J connectivity index is 1.93. The van der Waals surface area contributed by atoms with Crippen LogP contribution in [0.2, 0.25) is 0 Å². The summed E-state index contributed by atoms with van der Waals surface area (Å²) in [5.74, 6) is 0. The Morgan fingerprint density at radius 3 is 2.00 bits per heavy atom. The van der Waals surface area contributed by atoms with Crippen LogP contribution in [0.5, 0.6) is 0 Å². The van der Waals surface area contributed by atoms with Crippen molar-refractivity contribution in [2.24, 2.45) is 5.41 Å². The molecule has 0 spiro atoms. The van der Waals surface area contributed by atoms with Gasteiger partial charge in [0.15, 0.2) is 0 Å². The van der Waals surface area contributed by atoms with E-state index in [0.717, 1.165) is 36.9 Å². The largest absolute Gasteiger partial charge is 0.393 e. The van der Waals surface area contributed by atoms with E-state index in [0.29, 0.717) is 5.56 Å². The highest BCUT2D eigenvalue weighted by Gasteiger charge is 2.31. The maximum absolute atomic E-state index is 10.5. The normalized spacial score (nSPS) is 13.2. The number of pyridine rings is 1. The Morgan fingerprint density at radius 2 is 1.50 bits per heavy atom. The maximum atomic E-state index is 10.5. The molecule has 2 aromatic carbocycles. The lowest BCUT2D eigenvalue weighted by molar-refractivity contribution is 0.0560. The van der Waals surface area contributed by atoms with Crippen LogP contribution in [-0.2, 0) is 11.8 Å². The zero-order valence-corrected chi connectivity index (χ0v) is 22.1. The molecule has 1 heterocycles. The topological polar surface area (TPSA) is 33.1 Å². The van der Waals surface area contributed by atoms with E-state index in [-0.39, 0.29) is 16.9 Å². The second-order valence-corrected chi connectivity index (χ2v) is 10.9. The minimum atomic E-state index is -0.297. The SMILES string of the molecule is [CH]c1ccc(-c2ccc(C(CC)(CC)c3ccc(CCC(O)C(C)(C)C)c(C)c3)cc2C)nc1. The third kappa shape index (κ3) is 5.44. The van der Waals surface area contributed by atoms with Gasteiger partial charge in [-0.2, -0.15) is 0 Å². The number of hydrogen-bond acceptors (Lipinski definition) is 2. The highest BCUT2D eigenvalue weighted by Crippen LogP contribution is 2.41. The van der Waals surface area contributed by atoms with Crippen molar-refractivity contribution in [3.05, 3.63) is 95.0 Å². The van der Waals surface area contributed by atoms with Crippen molar-refractivity contribution < 1.29 is 5.11 Å². The average molecular weight is 456 g/mol. The van der Waals surface area contributed by atoms with Gasteiger partial charge < -0.3 is 5.11 Å². The fourth-order valence-electron chi connectivity index (χ4n) is 5.05. The Bertz CT molecular complexity index is 1100. The molecule has 0 saturated heterocycles. The predicted molar refractivity (Wildman–Crippen MR) is 144 cm³/mol. The van der Waals surface area contributed by atoms with E-state index in [2.05, 4.69) is 89.8 Å². The molecule has 1 aromatic heterocycles. The van der Waals surface area contributed by atoms with Crippen LogP contribution in [0.15, 0.2) is 54.7 Å². The summed E-state index contributed by atoms with van der Waals surface area (Å²) in [6.45, 7) is 21.1. The number of rotatable bonds is 8.